The first-order valence-electron chi connectivity index (χ1n) is 47.9. The van der Waals surface area contributed by atoms with E-state index in [1.807, 2.05) is 13.8 Å². The van der Waals surface area contributed by atoms with Crippen LogP contribution in [0, 0.1) is 104 Å². The van der Waals surface area contributed by atoms with Crippen molar-refractivity contribution in [2.75, 3.05) is 13.2 Å². The molecule has 17 aliphatic carbocycles. The number of rotatable bonds is 34. The van der Waals surface area contributed by atoms with Crippen LogP contribution in [0.4, 0.5) is 0 Å². The molecule has 16 bridgehead atoms. The third-order valence-electron chi connectivity index (χ3n) is 34.6. The molecular formula is C99H136N2O24S2. The number of carbonyl (C=O) groups excluding carboxylic acids is 8. The molecule has 2 heterocycles. The highest BCUT2D eigenvalue weighted by atomic mass is 32.2. The van der Waals surface area contributed by atoms with Gasteiger partial charge in [-0.3, -0.25) is 37.3 Å². The SMILES string of the molecule is CCC(CC(C)(CC(C)(CC(C)(C)C(=O)OC1(C)C2CC3CC(C2)CC1C3)C(=O)OC1CCOC1=O)C(=O)OC12CC3CC(CC(O)(C3)C1)C2)c1ccc(S(=O)(=O)O/N=C2/CC/C(=N/OS(=O)(=O)c3ccc(C(CC)CC(C)(CC(C)(CC(C)(C)C(=O)OC4(C)C5CC6CC(C5)CC4C6)C(=O)OC4CCOC4=O)C(=O)OC45CC6CC(CC(O)(C6)C4)C5)cc3)C2)cc1. The standard InChI is InChI=1S/C99H136N2O24S2/c1-13-66(50-90(7,86(108)122-98-46-62-31-63(47-98)43-96(110,42-62)56-98)54-92(9,84(106)118-78-25-27-116-80(78)102)52-88(3,4)82(104)120-94(11)70-33-58-29-59(35-70)36-71(94)34-58)68-15-21-76(22-16-68)126(112,113)124-100-74-19-20-75(41-74)101-125-127(114,115)77-23-17-69(18-24-77)67(14-2)51-91(8,87(109)123-99-48-64-32-65(49-99)45-97(111,44-64)57-99)55-93(10,85(107)119-79-26-28-117-81(79)103)53-89(5,6)83(105)121-95(12)72-37-60-30-61(39-72)40-73(95)38-60/h15-18,21-24,58-67,70-73,78-79,110-111H,13-14,19-20,25-57H2,1-12H3/b100-74-,101-75-. The number of benzene rings is 2. The van der Waals surface area contributed by atoms with Gasteiger partial charge in [0.2, 0.25) is 12.2 Å². The minimum atomic E-state index is -4.58. The molecule has 26 nitrogen and oxygen atoms in total. The van der Waals surface area contributed by atoms with Gasteiger partial charge in [-0.05, 0) is 380 Å². The monoisotopic (exact) mass is 1800 g/mol. The van der Waals surface area contributed by atoms with Crippen LogP contribution in [-0.4, -0.2) is 145 Å². The van der Waals surface area contributed by atoms with E-state index in [1.54, 1.807) is 79.7 Å². The molecule has 0 amide bonds. The lowest BCUT2D eigenvalue weighted by Gasteiger charge is -2.59. The van der Waals surface area contributed by atoms with E-state index >= 15 is 19.2 Å². The van der Waals surface area contributed by atoms with E-state index < -0.39 is 158 Å². The first-order chi connectivity index (χ1) is 59.5. The van der Waals surface area contributed by atoms with E-state index in [1.165, 1.54) is 37.1 Å². The van der Waals surface area contributed by atoms with Crippen molar-refractivity contribution in [2.45, 2.75) is 375 Å². The van der Waals surface area contributed by atoms with E-state index in [4.69, 9.17) is 46.5 Å². The highest BCUT2D eigenvalue weighted by Gasteiger charge is 2.66. The number of hydrogen-bond acceptors (Lipinski definition) is 26. The van der Waals surface area contributed by atoms with Gasteiger partial charge in [-0.15, -0.1) is 0 Å². The maximum Gasteiger partial charge on any atom is 0.358 e. The molecule has 19 fully saturated rings. The predicted octanol–water partition coefficient (Wildman–Crippen LogP) is 16.6. The summed E-state index contributed by atoms with van der Waals surface area (Å²) in [6.45, 7) is 22.1. The average Bonchev–Trinajstić information content (AvgIpc) is 1.03. The van der Waals surface area contributed by atoms with E-state index in [0.29, 0.717) is 99.0 Å². The maximum atomic E-state index is 15.8. The van der Waals surface area contributed by atoms with Gasteiger partial charge in [0.15, 0.2) is 0 Å². The highest BCUT2D eigenvalue weighted by Crippen LogP contribution is 2.66. The summed E-state index contributed by atoms with van der Waals surface area (Å²) in [5.41, 5.74) is -12.3. The first-order valence-corrected chi connectivity index (χ1v) is 50.7. The molecule has 17 saturated carbocycles. The summed E-state index contributed by atoms with van der Waals surface area (Å²) in [6.07, 6.45) is 16.4. The van der Waals surface area contributed by atoms with Crippen LogP contribution < -0.4 is 0 Å². The normalized spacial score (nSPS) is 37.7. The lowest BCUT2D eigenvalue weighted by atomic mass is 9.50. The number of hydrogen-bond donors (Lipinski definition) is 2. The lowest BCUT2D eigenvalue weighted by molar-refractivity contribution is -0.229. The Bertz CT molecular complexity index is 4570. The number of oxime groups is 2. The molecule has 28 heteroatoms. The van der Waals surface area contributed by atoms with Gasteiger partial charge in [0.1, 0.15) is 32.2 Å². The van der Waals surface area contributed by atoms with Crippen LogP contribution in [-0.2, 0) is 105 Å². The predicted molar refractivity (Wildman–Crippen MR) is 463 cm³/mol. The smallest absolute Gasteiger partial charge is 0.358 e. The van der Waals surface area contributed by atoms with Gasteiger partial charge in [0.05, 0.1) is 68.3 Å². The molecule has 2 N–H and O–H groups in total. The third kappa shape index (κ3) is 18.1. The molecule has 698 valence electrons. The molecule has 0 spiro atoms. The number of aliphatic hydroxyl groups is 2. The third-order valence-corrected chi connectivity index (χ3v) is 36.8. The molecule has 12 unspecified atom stereocenters. The first kappa shape index (κ1) is 91.8. The number of carbonyl (C=O) groups is 8. The van der Waals surface area contributed by atoms with Crippen molar-refractivity contribution in [3.63, 3.8) is 0 Å². The van der Waals surface area contributed by atoms with Crippen molar-refractivity contribution < 1.29 is 112 Å². The Kier molecular flexibility index (Phi) is 23.9. The van der Waals surface area contributed by atoms with Crippen molar-refractivity contribution in [3.05, 3.63) is 59.7 Å². The molecule has 127 heavy (non-hydrogen) atoms. The Hall–Kier alpha value is -7.04. The fraction of sp³-hybridized carbons (Fsp3) is 0.778. The molecule has 2 aromatic rings. The number of nitrogens with zero attached hydrogens (tertiary/aromatic N) is 2. The van der Waals surface area contributed by atoms with Gasteiger partial charge in [-0.2, -0.15) is 16.8 Å². The Morgan fingerprint density at radius 2 is 0.740 bits per heavy atom. The van der Waals surface area contributed by atoms with Gasteiger partial charge >= 0.3 is 68.0 Å². The van der Waals surface area contributed by atoms with Gasteiger partial charge in [-0.1, -0.05) is 48.4 Å². The van der Waals surface area contributed by atoms with Crippen molar-refractivity contribution >= 4 is 79.4 Å². The van der Waals surface area contributed by atoms with Gasteiger partial charge in [0.25, 0.3) is 0 Å². The zero-order valence-electron chi connectivity index (χ0n) is 76.6. The Balaban J connectivity index is 0.571. The second kappa shape index (κ2) is 33.0. The van der Waals surface area contributed by atoms with Crippen LogP contribution >= 0.6 is 0 Å². The van der Waals surface area contributed by atoms with Gasteiger partial charge < -0.3 is 48.1 Å². The van der Waals surface area contributed by atoms with Crippen LogP contribution in [0.3, 0.4) is 0 Å². The summed E-state index contributed by atoms with van der Waals surface area (Å²) < 4.78 is 117. The Labute approximate surface area is 749 Å². The summed E-state index contributed by atoms with van der Waals surface area (Å²) >= 11 is 0. The molecule has 21 rings (SSSR count). The fourth-order valence-electron chi connectivity index (χ4n) is 29.8. The maximum absolute atomic E-state index is 15.8. The average molecular weight is 1800 g/mol. The quantitative estimate of drug-likeness (QED) is 0.0373. The van der Waals surface area contributed by atoms with Crippen molar-refractivity contribution in [3.8, 4) is 0 Å². The topological polar surface area (TPSA) is 362 Å². The number of cyclic esters (lactones) is 2. The van der Waals surface area contributed by atoms with Gasteiger partial charge in [-0.25, -0.2) is 9.59 Å². The van der Waals surface area contributed by atoms with E-state index in [-0.39, 0.29) is 165 Å². The number of ether oxygens (including phenoxy) is 8. The molecule has 0 aromatic heterocycles. The van der Waals surface area contributed by atoms with Crippen molar-refractivity contribution in [1.82, 2.24) is 0 Å². The highest BCUT2D eigenvalue weighted by molar-refractivity contribution is 7.87. The molecule has 19 aliphatic rings. The number of esters is 8. The molecular weight excluding hydrogens is 1670 g/mol. The van der Waals surface area contributed by atoms with E-state index in [2.05, 4.69) is 24.2 Å². The summed E-state index contributed by atoms with van der Waals surface area (Å²) in [4.78, 5) is 118. The minimum Gasteiger partial charge on any atom is -0.463 e. The van der Waals surface area contributed by atoms with Crippen LogP contribution in [0.1, 0.15) is 331 Å². The van der Waals surface area contributed by atoms with Crippen LogP contribution in [0.15, 0.2) is 68.6 Å². The minimum absolute atomic E-state index is 0.0591. The summed E-state index contributed by atoms with van der Waals surface area (Å²) in [7, 11) is -9.16. The summed E-state index contributed by atoms with van der Waals surface area (Å²) in [6, 6.07) is 12.1. The summed E-state index contributed by atoms with van der Waals surface area (Å²) in [5, 5.41) is 31.9. The Morgan fingerprint density at radius 1 is 0.425 bits per heavy atom. The second-order valence-corrected chi connectivity index (χ2v) is 49.6. The van der Waals surface area contributed by atoms with E-state index in [9.17, 15) is 46.2 Å². The largest absolute Gasteiger partial charge is 0.463 e. The molecule has 0 radical (unpaired) electrons. The van der Waals surface area contributed by atoms with Crippen molar-refractivity contribution in [2.24, 2.45) is 114 Å². The fourth-order valence-corrected chi connectivity index (χ4v) is 31.3. The molecule has 2 aromatic carbocycles. The van der Waals surface area contributed by atoms with Gasteiger partial charge in [0, 0.05) is 32.1 Å². The summed E-state index contributed by atoms with van der Waals surface area (Å²) in [5.74, 6) is -1.84. The molecule has 2 aliphatic heterocycles. The van der Waals surface area contributed by atoms with Crippen LogP contribution in [0.25, 0.3) is 0 Å². The van der Waals surface area contributed by atoms with E-state index in [0.717, 1.165) is 64.2 Å². The Morgan fingerprint density at radius 3 is 1.03 bits per heavy atom. The zero-order valence-corrected chi connectivity index (χ0v) is 78.2. The van der Waals surface area contributed by atoms with Crippen LogP contribution in [0.2, 0.25) is 0 Å². The molecule has 2 saturated heterocycles. The lowest BCUT2D eigenvalue weighted by Crippen LogP contribution is -2.61. The van der Waals surface area contributed by atoms with Crippen molar-refractivity contribution in [1.29, 1.82) is 0 Å². The zero-order chi connectivity index (χ0) is 90.6. The van der Waals surface area contributed by atoms with Crippen LogP contribution in [0.5, 0.6) is 0 Å². The second-order valence-electron chi connectivity index (χ2n) is 46.5. The molecule has 12 atom stereocenters.